The fourth-order valence-corrected chi connectivity index (χ4v) is 5.71. The van der Waals surface area contributed by atoms with Gasteiger partial charge in [-0.15, -0.1) is 0 Å². The molecule has 1 aliphatic rings. The van der Waals surface area contributed by atoms with Gasteiger partial charge in [0.25, 0.3) is 0 Å². The summed E-state index contributed by atoms with van der Waals surface area (Å²) in [4.78, 5) is 0. The van der Waals surface area contributed by atoms with E-state index in [0.29, 0.717) is 5.92 Å². The second kappa shape index (κ2) is 6.49. The lowest BCUT2D eigenvalue weighted by atomic mass is 9.74. The Morgan fingerprint density at radius 1 is 0.393 bits per heavy atom. The van der Waals surface area contributed by atoms with E-state index in [4.69, 9.17) is 0 Å². The van der Waals surface area contributed by atoms with Crippen LogP contribution in [-0.4, -0.2) is 0 Å². The molecule has 1 saturated carbocycles. The summed E-state index contributed by atoms with van der Waals surface area (Å²) in [5.41, 5.74) is 5.39. The SMILES string of the molecule is CC1C(c2ccccc2)(c2ccccc2)C1(c1ccccc1)c1ccccc1. The van der Waals surface area contributed by atoms with E-state index in [1.807, 2.05) is 0 Å². The van der Waals surface area contributed by atoms with Crippen molar-refractivity contribution in [1.82, 2.24) is 0 Å². The molecule has 4 aromatic rings. The molecule has 4 aromatic carbocycles. The average molecular weight is 361 g/mol. The van der Waals surface area contributed by atoms with Gasteiger partial charge in [-0.25, -0.2) is 0 Å². The van der Waals surface area contributed by atoms with Crippen molar-refractivity contribution >= 4 is 0 Å². The van der Waals surface area contributed by atoms with Gasteiger partial charge < -0.3 is 0 Å². The minimum atomic E-state index is -0.0851. The third-order valence-electron chi connectivity index (χ3n) is 6.75. The molecule has 0 amide bonds. The first kappa shape index (κ1) is 17.0. The summed E-state index contributed by atoms with van der Waals surface area (Å²) in [6.45, 7) is 2.42. The zero-order chi connectivity index (χ0) is 19.0. The lowest BCUT2D eigenvalue weighted by Crippen LogP contribution is -2.25. The normalized spacial score (nSPS) is 17.2. The summed E-state index contributed by atoms with van der Waals surface area (Å²) < 4.78 is 0. The van der Waals surface area contributed by atoms with Crippen LogP contribution in [0.3, 0.4) is 0 Å². The first-order valence-corrected chi connectivity index (χ1v) is 10.0. The molecule has 0 bridgehead atoms. The maximum atomic E-state index is 2.42. The highest BCUT2D eigenvalue weighted by atomic mass is 14.8. The number of rotatable bonds is 4. The van der Waals surface area contributed by atoms with E-state index >= 15 is 0 Å². The van der Waals surface area contributed by atoms with E-state index in [2.05, 4.69) is 128 Å². The standard InChI is InChI=1S/C28H24/c1-22-27(23-14-6-2-7-15-23,24-16-8-3-9-17-24)28(22,25-18-10-4-11-19-25)26-20-12-5-13-21-26/h2-22H,1H3. The van der Waals surface area contributed by atoms with Crippen molar-refractivity contribution in [3.8, 4) is 0 Å². The van der Waals surface area contributed by atoms with Gasteiger partial charge in [0.05, 0.1) is 0 Å². The van der Waals surface area contributed by atoms with Gasteiger partial charge in [-0.2, -0.15) is 0 Å². The Labute approximate surface area is 167 Å². The van der Waals surface area contributed by atoms with Gasteiger partial charge in [0.1, 0.15) is 0 Å². The molecule has 0 aliphatic heterocycles. The lowest BCUT2D eigenvalue weighted by Gasteiger charge is -2.28. The van der Waals surface area contributed by atoms with Crippen LogP contribution in [-0.2, 0) is 10.8 Å². The summed E-state index contributed by atoms with van der Waals surface area (Å²) in [5, 5.41) is 0. The zero-order valence-electron chi connectivity index (χ0n) is 16.1. The van der Waals surface area contributed by atoms with E-state index in [9.17, 15) is 0 Å². The van der Waals surface area contributed by atoms with E-state index in [1.165, 1.54) is 22.3 Å². The highest BCUT2D eigenvalue weighted by molar-refractivity contribution is 5.66. The highest BCUT2D eigenvalue weighted by Crippen LogP contribution is 2.75. The number of hydrogen-bond donors (Lipinski definition) is 0. The van der Waals surface area contributed by atoms with Gasteiger partial charge in [0, 0.05) is 10.8 Å². The van der Waals surface area contributed by atoms with Gasteiger partial charge in [-0.1, -0.05) is 128 Å². The Kier molecular flexibility index (Phi) is 3.94. The summed E-state index contributed by atoms with van der Waals surface area (Å²) in [6.07, 6.45) is 0. The molecule has 0 saturated heterocycles. The Hall–Kier alpha value is -3.12. The molecule has 0 nitrogen and oxygen atoms in total. The van der Waals surface area contributed by atoms with Crippen LogP contribution < -0.4 is 0 Å². The molecule has 0 aromatic heterocycles. The van der Waals surface area contributed by atoms with Crippen molar-refractivity contribution in [2.75, 3.05) is 0 Å². The Morgan fingerprint density at radius 3 is 0.821 bits per heavy atom. The van der Waals surface area contributed by atoms with Crippen molar-refractivity contribution in [2.24, 2.45) is 5.92 Å². The Bertz CT molecular complexity index is 882. The summed E-state index contributed by atoms with van der Waals surface area (Å²) in [6, 6.07) is 44.3. The van der Waals surface area contributed by atoms with Crippen LogP contribution in [0.15, 0.2) is 121 Å². The largest absolute Gasteiger partial charge is 0.0622 e. The smallest absolute Gasteiger partial charge is 0.0380 e. The van der Waals surface area contributed by atoms with E-state index < -0.39 is 0 Å². The predicted octanol–water partition coefficient (Wildman–Crippen LogP) is 6.61. The molecule has 0 radical (unpaired) electrons. The third-order valence-corrected chi connectivity index (χ3v) is 6.75. The first-order chi connectivity index (χ1) is 13.8. The average Bonchev–Trinajstić information content (AvgIpc) is 3.37. The van der Waals surface area contributed by atoms with Gasteiger partial charge in [-0.05, 0) is 28.2 Å². The van der Waals surface area contributed by atoms with Gasteiger partial charge in [0.15, 0.2) is 0 Å². The monoisotopic (exact) mass is 360 g/mol. The summed E-state index contributed by atoms with van der Waals surface area (Å²) in [5.74, 6) is 0.439. The summed E-state index contributed by atoms with van der Waals surface area (Å²) >= 11 is 0. The second-order valence-corrected chi connectivity index (χ2v) is 7.80. The molecular formula is C28H24. The van der Waals surface area contributed by atoms with Gasteiger partial charge in [0.2, 0.25) is 0 Å². The van der Waals surface area contributed by atoms with Crippen molar-refractivity contribution in [2.45, 2.75) is 17.8 Å². The van der Waals surface area contributed by atoms with E-state index in [0.717, 1.165) is 0 Å². The van der Waals surface area contributed by atoms with Crippen molar-refractivity contribution in [3.63, 3.8) is 0 Å². The molecule has 28 heavy (non-hydrogen) atoms. The third kappa shape index (κ3) is 2.12. The summed E-state index contributed by atoms with van der Waals surface area (Å²) in [7, 11) is 0. The molecule has 5 rings (SSSR count). The van der Waals surface area contributed by atoms with E-state index in [-0.39, 0.29) is 10.8 Å². The zero-order valence-corrected chi connectivity index (χ0v) is 16.1. The van der Waals surface area contributed by atoms with Crippen LogP contribution in [0.1, 0.15) is 29.2 Å². The number of hydrogen-bond acceptors (Lipinski definition) is 0. The Balaban J connectivity index is 1.87. The molecule has 0 unspecified atom stereocenters. The Morgan fingerprint density at radius 2 is 0.607 bits per heavy atom. The van der Waals surface area contributed by atoms with Gasteiger partial charge in [-0.3, -0.25) is 0 Å². The minimum Gasteiger partial charge on any atom is -0.0622 e. The molecule has 136 valence electrons. The minimum absolute atomic E-state index is 0.0851. The van der Waals surface area contributed by atoms with Crippen molar-refractivity contribution < 1.29 is 0 Å². The van der Waals surface area contributed by atoms with Crippen LogP contribution in [0.25, 0.3) is 0 Å². The van der Waals surface area contributed by atoms with Gasteiger partial charge >= 0.3 is 0 Å². The van der Waals surface area contributed by atoms with Crippen LogP contribution in [0.5, 0.6) is 0 Å². The first-order valence-electron chi connectivity index (χ1n) is 10.0. The fraction of sp³-hybridized carbons (Fsp3) is 0.143. The molecule has 1 fully saturated rings. The van der Waals surface area contributed by atoms with E-state index in [1.54, 1.807) is 0 Å². The van der Waals surface area contributed by atoms with Crippen LogP contribution in [0.4, 0.5) is 0 Å². The lowest BCUT2D eigenvalue weighted by molar-refractivity contribution is 0.690. The molecule has 1 aliphatic carbocycles. The van der Waals surface area contributed by atoms with Crippen LogP contribution in [0.2, 0.25) is 0 Å². The fourth-order valence-electron chi connectivity index (χ4n) is 5.71. The topological polar surface area (TPSA) is 0 Å². The molecule has 0 heterocycles. The molecule has 0 heteroatoms. The van der Waals surface area contributed by atoms with Crippen molar-refractivity contribution in [3.05, 3.63) is 144 Å². The molecular weight excluding hydrogens is 336 g/mol. The molecule has 0 N–H and O–H groups in total. The predicted molar refractivity (Wildman–Crippen MR) is 116 cm³/mol. The molecule has 0 spiro atoms. The highest BCUT2D eigenvalue weighted by Gasteiger charge is 2.76. The second-order valence-electron chi connectivity index (χ2n) is 7.80. The maximum absolute atomic E-state index is 2.42. The van der Waals surface area contributed by atoms with Crippen LogP contribution in [0, 0.1) is 5.92 Å². The molecule has 0 atom stereocenters. The number of benzene rings is 4. The van der Waals surface area contributed by atoms with Crippen LogP contribution >= 0.6 is 0 Å². The van der Waals surface area contributed by atoms with Crippen molar-refractivity contribution in [1.29, 1.82) is 0 Å². The maximum Gasteiger partial charge on any atom is 0.0380 e. The quantitative estimate of drug-likeness (QED) is 0.384.